The van der Waals surface area contributed by atoms with E-state index in [2.05, 4.69) is 0 Å². The predicted molar refractivity (Wildman–Crippen MR) is 80.5 cm³/mol. The van der Waals surface area contributed by atoms with E-state index in [1.54, 1.807) is 25.1 Å². The Kier molecular flexibility index (Phi) is 3.87. The Morgan fingerprint density at radius 2 is 2.14 bits per heavy atom. The van der Waals surface area contributed by atoms with Crippen molar-refractivity contribution in [3.63, 3.8) is 0 Å². The Bertz CT molecular complexity index is 685. The molecule has 0 saturated heterocycles. The summed E-state index contributed by atoms with van der Waals surface area (Å²) in [6, 6.07) is 8.50. The first kappa shape index (κ1) is 14.4. The molecule has 1 aliphatic rings. The molecule has 4 heteroatoms. The molecule has 2 aromatic rings. The van der Waals surface area contributed by atoms with Gasteiger partial charge in [-0.1, -0.05) is 23.7 Å². The molecule has 1 heterocycles. The van der Waals surface area contributed by atoms with Gasteiger partial charge in [0, 0.05) is 17.9 Å². The molecule has 1 aliphatic heterocycles. The average molecular weight is 307 g/mol. The van der Waals surface area contributed by atoms with Gasteiger partial charge in [0.25, 0.3) is 0 Å². The van der Waals surface area contributed by atoms with Gasteiger partial charge in [0.05, 0.1) is 12.7 Å². The Balaban J connectivity index is 1.88. The third-order valence-electron chi connectivity index (χ3n) is 3.82. The van der Waals surface area contributed by atoms with Crippen LogP contribution >= 0.6 is 11.6 Å². The number of halogens is 2. The first-order chi connectivity index (χ1) is 10.0. The monoisotopic (exact) mass is 306 g/mol. The second-order valence-electron chi connectivity index (χ2n) is 5.38. The predicted octanol–water partition coefficient (Wildman–Crippen LogP) is 4.00. The van der Waals surface area contributed by atoms with Crippen molar-refractivity contribution in [1.29, 1.82) is 0 Å². The van der Waals surface area contributed by atoms with Crippen LogP contribution in [-0.4, -0.2) is 11.7 Å². The minimum absolute atomic E-state index is 0.306. The molecule has 0 fully saturated rings. The summed E-state index contributed by atoms with van der Waals surface area (Å²) in [4.78, 5) is 0. The zero-order valence-corrected chi connectivity index (χ0v) is 12.5. The lowest BCUT2D eigenvalue weighted by molar-refractivity contribution is 0.176. The first-order valence-electron chi connectivity index (χ1n) is 6.93. The molecule has 0 bridgehead atoms. The van der Waals surface area contributed by atoms with Gasteiger partial charge in [-0.2, -0.15) is 0 Å². The van der Waals surface area contributed by atoms with Crippen molar-refractivity contribution >= 4 is 11.6 Å². The van der Waals surface area contributed by atoms with Crippen molar-refractivity contribution in [2.75, 3.05) is 6.61 Å². The highest BCUT2D eigenvalue weighted by atomic mass is 35.5. The SMILES string of the molecule is Cc1ccc(C(O)Cc2cc(Cl)cc3c2OCC3)cc1F. The number of hydrogen-bond donors (Lipinski definition) is 1. The molecule has 0 aliphatic carbocycles. The molecule has 1 atom stereocenters. The van der Waals surface area contributed by atoms with Crippen LogP contribution < -0.4 is 4.74 Å². The van der Waals surface area contributed by atoms with Crippen LogP contribution in [0.15, 0.2) is 30.3 Å². The van der Waals surface area contributed by atoms with Crippen LogP contribution in [0, 0.1) is 12.7 Å². The van der Waals surface area contributed by atoms with Gasteiger partial charge >= 0.3 is 0 Å². The van der Waals surface area contributed by atoms with Crippen LogP contribution in [0.5, 0.6) is 5.75 Å². The second-order valence-corrected chi connectivity index (χ2v) is 5.82. The van der Waals surface area contributed by atoms with E-state index >= 15 is 0 Å². The fourth-order valence-corrected chi connectivity index (χ4v) is 2.90. The number of hydrogen-bond acceptors (Lipinski definition) is 2. The Labute approximate surface area is 128 Å². The lowest BCUT2D eigenvalue weighted by atomic mass is 9.98. The van der Waals surface area contributed by atoms with Gasteiger partial charge in [-0.05, 0) is 47.4 Å². The highest BCUT2D eigenvalue weighted by Gasteiger charge is 2.20. The molecule has 0 saturated carbocycles. The fraction of sp³-hybridized carbons (Fsp3) is 0.294. The minimum atomic E-state index is -0.785. The molecule has 21 heavy (non-hydrogen) atoms. The number of fused-ring (bicyclic) bond motifs is 1. The first-order valence-corrected chi connectivity index (χ1v) is 7.30. The van der Waals surface area contributed by atoms with E-state index in [-0.39, 0.29) is 5.82 Å². The number of aliphatic hydroxyl groups is 1. The topological polar surface area (TPSA) is 29.5 Å². The zero-order valence-electron chi connectivity index (χ0n) is 11.7. The molecule has 1 N–H and O–H groups in total. The highest BCUT2D eigenvalue weighted by molar-refractivity contribution is 6.30. The summed E-state index contributed by atoms with van der Waals surface area (Å²) in [7, 11) is 0. The number of ether oxygens (including phenoxy) is 1. The van der Waals surface area contributed by atoms with Crippen LogP contribution in [-0.2, 0) is 12.8 Å². The van der Waals surface area contributed by atoms with Crippen molar-refractivity contribution in [1.82, 2.24) is 0 Å². The number of rotatable bonds is 3. The molecule has 2 nitrogen and oxygen atoms in total. The third kappa shape index (κ3) is 2.89. The number of benzene rings is 2. The highest BCUT2D eigenvalue weighted by Crippen LogP contribution is 2.35. The maximum atomic E-state index is 13.6. The zero-order chi connectivity index (χ0) is 15.0. The molecule has 0 spiro atoms. The molecule has 0 aromatic heterocycles. The van der Waals surface area contributed by atoms with Crippen molar-refractivity contribution in [2.24, 2.45) is 0 Å². The van der Waals surface area contributed by atoms with Crippen molar-refractivity contribution in [2.45, 2.75) is 25.9 Å². The van der Waals surface area contributed by atoms with Gasteiger partial charge in [-0.25, -0.2) is 4.39 Å². The summed E-state index contributed by atoms with van der Waals surface area (Å²) in [5.41, 5.74) is 3.06. The summed E-state index contributed by atoms with van der Waals surface area (Å²) < 4.78 is 19.2. The van der Waals surface area contributed by atoms with E-state index in [4.69, 9.17) is 16.3 Å². The van der Waals surface area contributed by atoms with Crippen LogP contribution in [0.4, 0.5) is 4.39 Å². The van der Waals surface area contributed by atoms with Gasteiger partial charge in [-0.15, -0.1) is 0 Å². The Hall–Kier alpha value is -1.58. The molecular weight excluding hydrogens is 291 g/mol. The maximum Gasteiger partial charge on any atom is 0.126 e. The van der Waals surface area contributed by atoms with Crippen molar-refractivity contribution in [3.05, 3.63) is 63.4 Å². The quantitative estimate of drug-likeness (QED) is 0.929. The van der Waals surface area contributed by atoms with Gasteiger partial charge < -0.3 is 9.84 Å². The van der Waals surface area contributed by atoms with Crippen LogP contribution in [0.2, 0.25) is 5.02 Å². The summed E-state index contributed by atoms with van der Waals surface area (Å²) >= 11 is 6.11. The minimum Gasteiger partial charge on any atom is -0.493 e. The fourth-order valence-electron chi connectivity index (χ4n) is 2.64. The summed E-state index contributed by atoms with van der Waals surface area (Å²) in [5, 5.41) is 11.0. The second kappa shape index (κ2) is 5.66. The molecule has 0 radical (unpaired) electrons. The van der Waals surface area contributed by atoms with Crippen molar-refractivity contribution < 1.29 is 14.2 Å². The van der Waals surface area contributed by atoms with Gasteiger partial charge in [0.2, 0.25) is 0 Å². The lowest BCUT2D eigenvalue weighted by Crippen LogP contribution is -2.04. The van der Waals surface area contributed by atoms with E-state index in [1.807, 2.05) is 6.07 Å². The smallest absolute Gasteiger partial charge is 0.126 e. The molecule has 0 amide bonds. The average Bonchev–Trinajstić information content (AvgIpc) is 2.90. The van der Waals surface area contributed by atoms with Crippen LogP contribution in [0.3, 0.4) is 0 Å². The lowest BCUT2D eigenvalue weighted by Gasteiger charge is -2.15. The van der Waals surface area contributed by atoms with E-state index in [9.17, 15) is 9.50 Å². The molecular formula is C17H16ClFO2. The largest absolute Gasteiger partial charge is 0.493 e. The molecule has 3 rings (SSSR count). The summed E-state index contributed by atoms with van der Waals surface area (Å²) in [5.74, 6) is 0.505. The van der Waals surface area contributed by atoms with E-state index in [0.717, 1.165) is 23.3 Å². The van der Waals surface area contributed by atoms with Crippen LogP contribution in [0.1, 0.15) is 28.4 Å². The Morgan fingerprint density at radius 1 is 1.33 bits per heavy atom. The maximum absolute atomic E-state index is 13.6. The van der Waals surface area contributed by atoms with E-state index in [1.165, 1.54) is 6.07 Å². The number of aryl methyl sites for hydroxylation is 1. The molecule has 2 aromatic carbocycles. The van der Waals surface area contributed by atoms with Crippen molar-refractivity contribution in [3.8, 4) is 5.75 Å². The van der Waals surface area contributed by atoms with Crippen LogP contribution in [0.25, 0.3) is 0 Å². The third-order valence-corrected chi connectivity index (χ3v) is 4.04. The molecule has 1 unspecified atom stereocenters. The van der Waals surface area contributed by atoms with Gasteiger partial charge in [0.15, 0.2) is 0 Å². The number of aliphatic hydroxyl groups excluding tert-OH is 1. The Morgan fingerprint density at radius 3 is 2.90 bits per heavy atom. The summed E-state index contributed by atoms with van der Waals surface area (Å²) in [6.07, 6.45) is 0.399. The molecule has 110 valence electrons. The van der Waals surface area contributed by atoms with Gasteiger partial charge in [0.1, 0.15) is 11.6 Å². The van der Waals surface area contributed by atoms with E-state index < -0.39 is 6.10 Å². The van der Waals surface area contributed by atoms with E-state index in [0.29, 0.717) is 29.2 Å². The standard InChI is InChI=1S/C17H16ClFO2/c1-10-2-3-11(8-15(10)19)16(20)9-13-7-14(18)6-12-4-5-21-17(12)13/h2-3,6-8,16,20H,4-5,9H2,1H3. The normalized spacial score (nSPS) is 14.7. The van der Waals surface area contributed by atoms with Gasteiger partial charge in [-0.3, -0.25) is 0 Å². The summed E-state index contributed by atoms with van der Waals surface area (Å²) in [6.45, 7) is 2.33.